The number of rotatable bonds is 7. The Morgan fingerprint density at radius 3 is 2.69 bits per heavy atom. The van der Waals surface area contributed by atoms with Crippen LogP contribution in [0.3, 0.4) is 0 Å². The molecule has 8 heteroatoms. The van der Waals surface area contributed by atoms with Crippen molar-refractivity contribution < 1.29 is 13.2 Å². The third kappa shape index (κ3) is 4.91. The van der Waals surface area contributed by atoms with Crippen molar-refractivity contribution in [3.05, 3.63) is 52.2 Å². The average molecular weight is 394 g/mol. The van der Waals surface area contributed by atoms with E-state index in [9.17, 15) is 13.2 Å². The Kier molecular flexibility index (Phi) is 6.08. The van der Waals surface area contributed by atoms with Gasteiger partial charge in [0, 0.05) is 17.5 Å². The summed E-state index contributed by atoms with van der Waals surface area (Å²) >= 11 is 1.74. The molecule has 1 aromatic heterocycles. The van der Waals surface area contributed by atoms with Gasteiger partial charge in [-0.05, 0) is 54.9 Å². The zero-order valence-corrected chi connectivity index (χ0v) is 16.1. The zero-order chi connectivity index (χ0) is 18.6. The van der Waals surface area contributed by atoms with E-state index in [1.807, 2.05) is 0 Å². The standard InChI is InChI=1S/C18H23N3O3S2/c19-26(23,24)15-7-5-14(6-8-15)9-10-20-18(22)13-21-11-1-3-16(21)17-4-2-12-25-17/h2,4-8,12,16H,1,3,9-11,13H2,(H,20,22)(H2,19,23,24)/t16-/m0/s1. The van der Waals surface area contributed by atoms with Crippen molar-refractivity contribution in [3.8, 4) is 0 Å². The minimum atomic E-state index is -3.67. The lowest BCUT2D eigenvalue weighted by molar-refractivity contribution is -0.122. The number of primary sulfonamides is 1. The van der Waals surface area contributed by atoms with E-state index in [4.69, 9.17) is 5.14 Å². The van der Waals surface area contributed by atoms with Crippen LogP contribution in [-0.2, 0) is 21.2 Å². The van der Waals surface area contributed by atoms with E-state index >= 15 is 0 Å². The number of carbonyl (C=O) groups excluding carboxylic acids is 1. The monoisotopic (exact) mass is 393 g/mol. The number of nitrogens with one attached hydrogen (secondary N) is 1. The second-order valence-electron chi connectivity index (χ2n) is 6.43. The van der Waals surface area contributed by atoms with Crippen molar-refractivity contribution in [2.45, 2.75) is 30.2 Å². The molecule has 0 radical (unpaired) electrons. The lowest BCUT2D eigenvalue weighted by Gasteiger charge is -2.22. The maximum absolute atomic E-state index is 12.2. The molecule has 1 aliphatic heterocycles. The number of hydrogen-bond donors (Lipinski definition) is 2. The Morgan fingerprint density at radius 2 is 2.04 bits per heavy atom. The van der Waals surface area contributed by atoms with Crippen LogP contribution in [0, 0.1) is 0 Å². The molecule has 1 amide bonds. The first-order valence-electron chi connectivity index (χ1n) is 8.59. The highest BCUT2D eigenvalue weighted by atomic mass is 32.2. The van der Waals surface area contributed by atoms with Crippen LogP contribution in [0.2, 0.25) is 0 Å². The molecule has 1 saturated heterocycles. The lowest BCUT2D eigenvalue weighted by atomic mass is 10.1. The molecule has 0 spiro atoms. The summed E-state index contributed by atoms with van der Waals surface area (Å²) < 4.78 is 22.5. The van der Waals surface area contributed by atoms with Gasteiger partial charge in [-0.25, -0.2) is 13.6 Å². The fourth-order valence-corrected chi connectivity index (χ4v) is 4.66. The molecule has 0 aliphatic carbocycles. The van der Waals surface area contributed by atoms with Crippen LogP contribution in [0.5, 0.6) is 0 Å². The van der Waals surface area contributed by atoms with Crippen LogP contribution in [0.15, 0.2) is 46.7 Å². The number of amides is 1. The summed E-state index contributed by atoms with van der Waals surface area (Å²) in [5, 5.41) is 10.1. The molecule has 1 fully saturated rings. The van der Waals surface area contributed by atoms with Gasteiger partial charge in [0.05, 0.1) is 11.4 Å². The Bertz CT molecular complexity index is 833. The number of carbonyl (C=O) groups is 1. The van der Waals surface area contributed by atoms with E-state index < -0.39 is 10.0 Å². The molecule has 0 saturated carbocycles. The Morgan fingerprint density at radius 1 is 1.27 bits per heavy atom. The van der Waals surface area contributed by atoms with Gasteiger partial charge in [0.1, 0.15) is 0 Å². The summed E-state index contributed by atoms with van der Waals surface area (Å²) in [4.78, 5) is 15.9. The molecule has 0 bridgehead atoms. The molecule has 6 nitrogen and oxygen atoms in total. The van der Waals surface area contributed by atoms with Crippen molar-refractivity contribution >= 4 is 27.3 Å². The van der Waals surface area contributed by atoms with Gasteiger partial charge in [-0.1, -0.05) is 18.2 Å². The van der Waals surface area contributed by atoms with Crippen molar-refractivity contribution in [1.82, 2.24) is 10.2 Å². The Balaban J connectivity index is 1.46. The van der Waals surface area contributed by atoms with Gasteiger partial charge >= 0.3 is 0 Å². The molecule has 2 aromatic rings. The first-order valence-corrected chi connectivity index (χ1v) is 11.0. The van der Waals surface area contributed by atoms with E-state index in [2.05, 4.69) is 27.7 Å². The number of nitrogens with zero attached hydrogens (tertiary/aromatic N) is 1. The molecule has 0 unspecified atom stereocenters. The third-order valence-electron chi connectivity index (χ3n) is 4.57. The lowest BCUT2D eigenvalue weighted by Crippen LogP contribution is -2.37. The highest BCUT2D eigenvalue weighted by Gasteiger charge is 2.27. The molecule has 3 N–H and O–H groups in total. The smallest absolute Gasteiger partial charge is 0.238 e. The minimum absolute atomic E-state index is 0.0228. The van der Waals surface area contributed by atoms with E-state index in [1.54, 1.807) is 23.5 Å². The second-order valence-corrected chi connectivity index (χ2v) is 8.97. The third-order valence-corrected chi connectivity index (χ3v) is 6.47. The SMILES string of the molecule is NS(=O)(=O)c1ccc(CCNC(=O)CN2CCC[C@H]2c2cccs2)cc1. The van der Waals surface area contributed by atoms with Crippen LogP contribution in [-0.4, -0.2) is 38.9 Å². The maximum atomic E-state index is 12.2. The molecule has 3 rings (SSSR count). The first-order chi connectivity index (χ1) is 12.4. The second kappa shape index (κ2) is 8.30. The van der Waals surface area contributed by atoms with Gasteiger partial charge in [-0.2, -0.15) is 0 Å². The summed E-state index contributed by atoms with van der Waals surface area (Å²) in [5.41, 5.74) is 0.954. The Labute approximate surface area is 158 Å². The molecule has 1 aromatic carbocycles. The molecule has 1 aliphatic rings. The molecular formula is C18H23N3O3S2. The highest BCUT2D eigenvalue weighted by Crippen LogP contribution is 2.33. The van der Waals surface area contributed by atoms with E-state index in [-0.39, 0.29) is 10.8 Å². The van der Waals surface area contributed by atoms with Gasteiger partial charge in [0.15, 0.2) is 0 Å². The fraction of sp³-hybridized carbons (Fsp3) is 0.389. The minimum Gasteiger partial charge on any atom is -0.355 e. The number of hydrogen-bond acceptors (Lipinski definition) is 5. The van der Waals surface area contributed by atoms with Crippen LogP contribution in [0.1, 0.15) is 29.3 Å². The summed E-state index contributed by atoms with van der Waals surface area (Å²) in [6.45, 7) is 1.88. The molecular weight excluding hydrogens is 370 g/mol. The van der Waals surface area contributed by atoms with Crippen LogP contribution < -0.4 is 10.5 Å². The van der Waals surface area contributed by atoms with Crippen molar-refractivity contribution in [1.29, 1.82) is 0 Å². The predicted octanol–water partition coefficient (Wildman–Crippen LogP) is 1.89. The topological polar surface area (TPSA) is 92.5 Å². The zero-order valence-electron chi connectivity index (χ0n) is 14.4. The molecule has 140 valence electrons. The summed E-state index contributed by atoms with van der Waals surface area (Å²) in [5.74, 6) is 0.0228. The fourth-order valence-electron chi connectivity index (χ4n) is 3.25. The number of likely N-dealkylation sites (tertiary alicyclic amines) is 1. The number of nitrogens with two attached hydrogens (primary N) is 1. The normalized spacial score (nSPS) is 18.1. The highest BCUT2D eigenvalue weighted by molar-refractivity contribution is 7.89. The first kappa shape index (κ1) is 19.0. The van der Waals surface area contributed by atoms with Crippen LogP contribution in [0.25, 0.3) is 0 Å². The van der Waals surface area contributed by atoms with Gasteiger partial charge in [0.2, 0.25) is 15.9 Å². The van der Waals surface area contributed by atoms with Crippen molar-refractivity contribution in [2.24, 2.45) is 5.14 Å². The van der Waals surface area contributed by atoms with Gasteiger partial charge in [-0.3, -0.25) is 9.69 Å². The largest absolute Gasteiger partial charge is 0.355 e. The van der Waals surface area contributed by atoms with Crippen molar-refractivity contribution in [3.63, 3.8) is 0 Å². The van der Waals surface area contributed by atoms with Crippen LogP contribution in [0.4, 0.5) is 0 Å². The number of sulfonamides is 1. The van der Waals surface area contributed by atoms with Gasteiger partial charge in [0.25, 0.3) is 0 Å². The quantitative estimate of drug-likeness (QED) is 0.751. The van der Waals surface area contributed by atoms with E-state index in [1.165, 1.54) is 17.0 Å². The van der Waals surface area contributed by atoms with Crippen LogP contribution >= 0.6 is 11.3 Å². The average Bonchev–Trinajstić information content (AvgIpc) is 3.25. The van der Waals surface area contributed by atoms with Gasteiger partial charge in [-0.15, -0.1) is 11.3 Å². The van der Waals surface area contributed by atoms with E-state index in [0.717, 1.165) is 24.9 Å². The van der Waals surface area contributed by atoms with E-state index in [0.29, 0.717) is 25.6 Å². The number of thiophene rings is 1. The predicted molar refractivity (Wildman–Crippen MR) is 102 cm³/mol. The summed E-state index contributed by atoms with van der Waals surface area (Å²) in [7, 11) is -3.67. The molecule has 26 heavy (non-hydrogen) atoms. The number of benzene rings is 1. The summed E-state index contributed by atoms with van der Waals surface area (Å²) in [6, 6.07) is 11.0. The van der Waals surface area contributed by atoms with Crippen molar-refractivity contribution in [2.75, 3.05) is 19.6 Å². The maximum Gasteiger partial charge on any atom is 0.238 e. The molecule has 2 heterocycles. The molecule has 1 atom stereocenters. The Hall–Kier alpha value is -1.74. The van der Waals surface area contributed by atoms with Gasteiger partial charge < -0.3 is 5.32 Å². The summed E-state index contributed by atoms with van der Waals surface area (Å²) in [6.07, 6.45) is 2.86.